The number of hydrogen-bond donors (Lipinski definition) is 1. The van der Waals surface area contributed by atoms with Crippen LogP contribution in [0.5, 0.6) is 0 Å². The lowest BCUT2D eigenvalue weighted by Crippen LogP contribution is -2.25. The highest BCUT2D eigenvalue weighted by Gasteiger charge is 2.19. The Hall–Kier alpha value is -2.88. The minimum absolute atomic E-state index is 0.154. The maximum atomic E-state index is 12.8. The SMILES string of the molecule is Cc1c(NC(=O)COC(=O)c2cccc(I)c2)c(=O)n(-c2ccccc2)n1C. The van der Waals surface area contributed by atoms with Crippen LogP contribution in [0.3, 0.4) is 0 Å². The first kappa shape index (κ1) is 19.9. The van der Waals surface area contributed by atoms with E-state index in [9.17, 15) is 14.4 Å². The fraction of sp³-hybridized carbons (Fsp3) is 0.150. The second-order valence-corrected chi connectivity index (χ2v) is 7.32. The molecule has 0 atom stereocenters. The number of amides is 1. The van der Waals surface area contributed by atoms with Crippen LogP contribution in [0.25, 0.3) is 5.69 Å². The Morgan fingerprint density at radius 3 is 2.50 bits per heavy atom. The predicted octanol–water partition coefficient (Wildman–Crippen LogP) is 2.88. The molecule has 28 heavy (non-hydrogen) atoms. The third-order valence-corrected chi connectivity index (χ3v) is 4.88. The van der Waals surface area contributed by atoms with Crippen molar-refractivity contribution in [2.24, 2.45) is 7.05 Å². The molecule has 0 saturated carbocycles. The number of esters is 1. The normalized spacial score (nSPS) is 10.5. The Labute approximate surface area is 175 Å². The van der Waals surface area contributed by atoms with E-state index in [-0.39, 0.29) is 11.2 Å². The first-order chi connectivity index (χ1) is 13.4. The summed E-state index contributed by atoms with van der Waals surface area (Å²) in [5.41, 5.74) is 1.43. The third kappa shape index (κ3) is 4.16. The first-order valence-electron chi connectivity index (χ1n) is 8.45. The lowest BCUT2D eigenvalue weighted by molar-refractivity contribution is -0.119. The van der Waals surface area contributed by atoms with E-state index < -0.39 is 18.5 Å². The van der Waals surface area contributed by atoms with Gasteiger partial charge in [0.15, 0.2) is 6.61 Å². The summed E-state index contributed by atoms with van der Waals surface area (Å²) in [6.45, 7) is 1.25. The van der Waals surface area contributed by atoms with Gasteiger partial charge in [0, 0.05) is 10.6 Å². The molecule has 0 bridgehead atoms. The van der Waals surface area contributed by atoms with Crippen LogP contribution < -0.4 is 10.9 Å². The summed E-state index contributed by atoms with van der Waals surface area (Å²) in [6, 6.07) is 16.0. The van der Waals surface area contributed by atoms with Crippen molar-refractivity contribution in [2.45, 2.75) is 6.92 Å². The van der Waals surface area contributed by atoms with E-state index >= 15 is 0 Å². The van der Waals surface area contributed by atoms with Gasteiger partial charge < -0.3 is 10.1 Å². The van der Waals surface area contributed by atoms with Crippen LogP contribution in [0.15, 0.2) is 59.4 Å². The molecule has 0 radical (unpaired) electrons. The molecular weight excluding hydrogens is 473 g/mol. The minimum Gasteiger partial charge on any atom is -0.452 e. The average Bonchev–Trinajstić information content (AvgIpc) is 2.90. The molecule has 0 aliphatic carbocycles. The van der Waals surface area contributed by atoms with Crippen LogP contribution in [0.1, 0.15) is 16.1 Å². The van der Waals surface area contributed by atoms with Gasteiger partial charge >= 0.3 is 5.97 Å². The zero-order valence-corrected chi connectivity index (χ0v) is 17.5. The number of rotatable bonds is 5. The van der Waals surface area contributed by atoms with Crippen molar-refractivity contribution in [3.8, 4) is 5.69 Å². The molecule has 0 unspecified atom stereocenters. The van der Waals surface area contributed by atoms with Gasteiger partial charge in [0.05, 0.1) is 16.9 Å². The van der Waals surface area contributed by atoms with Crippen LogP contribution >= 0.6 is 22.6 Å². The molecule has 3 aromatic rings. The van der Waals surface area contributed by atoms with Gasteiger partial charge in [-0.2, -0.15) is 0 Å². The lowest BCUT2D eigenvalue weighted by atomic mass is 10.2. The van der Waals surface area contributed by atoms with Crippen molar-refractivity contribution in [3.05, 3.63) is 79.8 Å². The van der Waals surface area contributed by atoms with E-state index in [1.807, 2.05) is 24.3 Å². The smallest absolute Gasteiger partial charge is 0.338 e. The summed E-state index contributed by atoms with van der Waals surface area (Å²) in [4.78, 5) is 37.0. The van der Waals surface area contributed by atoms with Crippen molar-refractivity contribution in [1.82, 2.24) is 9.36 Å². The number of carbonyl (C=O) groups excluding carboxylic acids is 2. The van der Waals surface area contributed by atoms with Crippen molar-refractivity contribution in [1.29, 1.82) is 0 Å². The quantitative estimate of drug-likeness (QED) is 0.440. The van der Waals surface area contributed by atoms with E-state index in [2.05, 4.69) is 27.9 Å². The van der Waals surface area contributed by atoms with Crippen molar-refractivity contribution in [3.63, 3.8) is 0 Å². The number of nitrogens with zero attached hydrogens (tertiary/aromatic N) is 2. The number of anilines is 1. The predicted molar refractivity (Wildman–Crippen MR) is 114 cm³/mol. The minimum atomic E-state index is -0.597. The molecule has 144 valence electrons. The van der Waals surface area contributed by atoms with Crippen LogP contribution in [-0.2, 0) is 16.6 Å². The first-order valence-corrected chi connectivity index (χ1v) is 9.53. The number of aromatic nitrogens is 2. The molecule has 0 aliphatic rings. The number of benzene rings is 2. The number of hydrogen-bond acceptors (Lipinski definition) is 4. The van der Waals surface area contributed by atoms with Gasteiger partial charge in [-0.1, -0.05) is 24.3 Å². The molecule has 0 saturated heterocycles. The van der Waals surface area contributed by atoms with Crippen LogP contribution in [0.2, 0.25) is 0 Å². The number of ether oxygens (including phenoxy) is 1. The van der Waals surface area contributed by atoms with Crippen molar-refractivity contribution in [2.75, 3.05) is 11.9 Å². The highest BCUT2D eigenvalue weighted by molar-refractivity contribution is 14.1. The Morgan fingerprint density at radius 1 is 1.11 bits per heavy atom. The second kappa shape index (κ2) is 8.42. The van der Waals surface area contributed by atoms with E-state index in [1.165, 1.54) is 4.68 Å². The summed E-state index contributed by atoms with van der Waals surface area (Å²) in [5, 5.41) is 2.56. The summed E-state index contributed by atoms with van der Waals surface area (Å²) >= 11 is 2.09. The van der Waals surface area contributed by atoms with Crippen LogP contribution in [-0.4, -0.2) is 27.8 Å². The van der Waals surface area contributed by atoms with Crippen LogP contribution in [0.4, 0.5) is 5.69 Å². The third-order valence-electron chi connectivity index (χ3n) is 4.21. The van der Waals surface area contributed by atoms with E-state index in [0.29, 0.717) is 16.9 Å². The molecule has 0 spiro atoms. The maximum absolute atomic E-state index is 12.8. The van der Waals surface area contributed by atoms with Gasteiger partial charge in [0.2, 0.25) is 0 Å². The van der Waals surface area contributed by atoms with Gasteiger partial charge in [0.25, 0.3) is 11.5 Å². The molecule has 8 heteroatoms. The van der Waals surface area contributed by atoms with Crippen molar-refractivity contribution < 1.29 is 14.3 Å². The molecule has 1 aromatic heterocycles. The van der Waals surface area contributed by atoms with E-state index in [4.69, 9.17) is 4.74 Å². The number of para-hydroxylation sites is 1. The average molecular weight is 491 g/mol. The maximum Gasteiger partial charge on any atom is 0.338 e. The second-order valence-electron chi connectivity index (χ2n) is 6.07. The summed E-state index contributed by atoms with van der Waals surface area (Å²) in [5.74, 6) is -1.18. The standard InChI is InChI=1S/C20H18IN3O4/c1-13-18(19(26)24(23(13)2)16-9-4-3-5-10-16)22-17(25)12-28-20(27)14-7-6-8-15(21)11-14/h3-11H,12H2,1-2H3,(H,22,25). The zero-order valence-electron chi connectivity index (χ0n) is 15.3. The Kier molecular flexibility index (Phi) is 5.98. The summed E-state index contributed by atoms with van der Waals surface area (Å²) in [7, 11) is 1.73. The van der Waals surface area contributed by atoms with E-state index in [0.717, 1.165) is 3.57 Å². The highest BCUT2D eigenvalue weighted by atomic mass is 127. The monoisotopic (exact) mass is 491 g/mol. The molecule has 7 nitrogen and oxygen atoms in total. The van der Waals surface area contributed by atoms with Gasteiger partial charge in [-0.05, 0) is 59.8 Å². The fourth-order valence-electron chi connectivity index (χ4n) is 2.72. The molecule has 1 heterocycles. The Morgan fingerprint density at radius 2 is 1.82 bits per heavy atom. The molecule has 3 rings (SSSR count). The van der Waals surface area contributed by atoms with Crippen LogP contribution in [0, 0.1) is 10.5 Å². The number of nitrogens with one attached hydrogen (secondary N) is 1. The fourth-order valence-corrected chi connectivity index (χ4v) is 3.26. The Balaban J connectivity index is 1.73. The van der Waals surface area contributed by atoms with Gasteiger partial charge in [0.1, 0.15) is 5.69 Å². The van der Waals surface area contributed by atoms with Gasteiger partial charge in [-0.25, -0.2) is 9.48 Å². The van der Waals surface area contributed by atoms with Gasteiger partial charge in [-0.15, -0.1) is 0 Å². The summed E-state index contributed by atoms with van der Waals surface area (Å²) < 4.78 is 9.05. The highest BCUT2D eigenvalue weighted by Crippen LogP contribution is 2.14. The number of carbonyl (C=O) groups is 2. The lowest BCUT2D eigenvalue weighted by Gasteiger charge is -2.07. The molecule has 1 N–H and O–H groups in total. The van der Waals surface area contributed by atoms with Gasteiger partial charge in [-0.3, -0.25) is 14.3 Å². The molecule has 0 fully saturated rings. The zero-order chi connectivity index (χ0) is 20.3. The number of halogens is 1. The molecule has 2 aromatic carbocycles. The summed E-state index contributed by atoms with van der Waals surface area (Å²) in [6.07, 6.45) is 0. The van der Waals surface area contributed by atoms with E-state index in [1.54, 1.807) is 49.0 Å². The molecular formula is C20H18IN3O4. The molecule has 1 amide bonds. The molecule has 0 aliphatic heterocycles. The largest absolute Gasteiger partial charge is 0.452 e. The van der Waals surface area contributed by atoms with Crippen molar-refractivity contribution >= 4 is 40.2 Å². The Bertz CT molecular complexity index is 1090. The topological polar surface area (TPSA) is 82.3 Å².